The SMILES string of the molecule is O=C(Cc1csc(-c2cccs2)n1)NCCNC(=O)c1ccccc1. The molecule has 0 aliphatic heterocycles. The quantitative estimate of drug-likeness (QED) is 0.627. The fourth-order valence-corrected chi connectivity index (χ4v) is 3.83. The predicted molar refractivity (Wildman–Crippen MR) is 101 cm³/mol. The molecule has 25 heavy (non-hydrogen) atoms. The summed E-state index contributed by atoms with van der Waals surface area (Å²) in [5, 5.41) is 10.4. The van der Waals surface area contributed by atoms with Crippen LogP contribution in [0.15, 0.2) is 53.2 Å². The third-order valence-electron chi connectivity index (χ3n) is 3.39. The number of amides is 2. The maximum atomic E-state index is 12.0. The van der Waals surface area contributed by atoms with Gasteiger partial charge in [0.2, 0.25) is 5.91 Å². The van der Waals surface area contributed by atoms with E-state index in [0.29, 0.717) is 18.7 Å². The summed E-state index contributed by atoms with van der Waals surface area (Å²) in [5.41, 5.74) is 1.37. The molecule has 1 aromatic carbocycles. The van der Waals surface area contributed by atoms with Crippen LogP contribution in [0.4, 0.5) is 0 Å². The molecule has 0 saturated carbocycles. The van der Waals surface area contributed by atoms with Crippen molar-refractivity contribution in [3.63, 3.8) is 0 Å². The molecule has 0 aliphatic rings. The highest BCUT2D eigenvalue weighted by atomic mass is 32.1. The molecule has 0 aliphatic carbocycles. The normalized spacial score (nSPS) is 10.4. The molecule has 0 unspecified atom stereocenters. The largest absolute Gasteiger partial charge is 0.354 e. The van der Waals surface area contributed by atoms with Gasteiger partial charge in [-0.25, -0.2) is 4.98 Å². The lowest BCUT2D eigenvalue weighted by Gasteiger charge is -2.06. The summed E-state index contributed by atoms with van der Waals surface area (Å²) in [6.45, 7) is 0.774. The van der Waals surface area contributed by atoms with Gasteiger partial charge in [-0.2, -0.15) is 0 Å². The Hall–Kier alpha value is -2.51. The first-order valence-corrected chi connectivity index (χ1v) is 9.56. The van der Waals surface area contributed by atoms with Crippen LogP contribution in [0.1, 0.15) is 16.1 Å². The zero-order chi connectivity index (χ0) is 17.5. The molecule has 2 heterocycles. The van der Waals surface area contributed by atoms with E-state index in [-0.39, 0.29) is 18.2 Å². The molecule has 3 aromatic rings. The lowest BCUT2D eigenvalue weighted by atomic mass is 10.2. The molecule has 7 heteroatoms. The van der Waals surface area contributed by atoms with Gasteiger partial charge >= 0.3 is 0 Å². The van der Waals surface area contributed by atoms with E-state index >= 15 is 0 Å². The van der Waals surface area contributed by atoms with Crippen LogP contribution >= 0.6 is 22.7 Å². The van der Waals surface area contributed by atoms with Gasteiger partial charge in [0.15, 0.2) is 0 Å². The molecule has 128 valence electrons. The Morgan fingerprint density at radius 3 is 2.52 bits per heavy atom. The van der Waals surface area contributed by atoms with Crippen LogP contribution in [0.3, 0.4) is 0 Å². The summed E-state index contributed by atoms with van der Waals surface area (Å²) in [7, 11) is 0. The minimum Gasteiger partial charge on any atom is -0.354 e. The molecule has 0 bridgehead atoms. The first kappa shape index (κ1) is 17.3. The number of rotatable bonds is 7. The maximum absolute atomic E-state index is 12.0. The van der Waals surface area contributed by atoms with E-state index in [1.807, 2.05) is 41.1 Å². The standard InChI is InChI=1S/C18H17N3O2S2/c22-16(11-14-12-25-18(21-14)15-7-4-10-24-15)19-8-9-20-17(23)13-5-2-1-3-6-13/h1-7,10,12H,8-9,11H2,(H,19,22)(H,20,23). The molecule has 2 aromatic heterocycles. The van der Waals surface area contributed by atoms with Crippen molar-refractivity contribution >= 4 is 34.5 Å². The van der Waals surface area contributed by atoms with E-state index in [9.17, 15) is 9.59 Å². The van der Waals surface area contributed by atoms with Crippen LogP contribution in [0, 0.1) is 0 Å². The van der Waals surface area contributed by atoms with Gasteiger partial charge in [-0.1, -0.05) is 24.3 Å². The maximum Gasteiger partial charge on any atom is 0.251 e. The molecular weight excluding hydrogens is 354 g/mol. The second-order valence-electron chi connectivity index (χ2n) is 5.27. The number of hydrogen-bond donors (Lipinski definition) is 2. The molecule has 0 saturated heterocycles. The summed E-state index contributed by atoms with van der Waals surface area (Å²) in [5.74, 6) is -0.244. The second kappa shape index (κ2) is 8.55. The number of benzene rings is 1. The number of carbonyl (C=O) groups is 2. The van der Waals surface area contributed by atoms with E-state index in [0.717, 1.165) is 15.6 Å². The third kappa shape index (κ3) is 4.98. The first-order valence-electron chi connectivity index (χ1n) is 7.80. The fraction of sp³-hybridized carbons (Fsp3) is 0.167. The molecule has 2 amide bonds. The number of hydrogen-bond acceptors (Lipinski definition) is 5. The van der Waals surface area contributed by atoms with Gasteiger partial charge in [-0.3, -0.25) is 9.59 Å². The van der Waals surface area contributed by atoms with Crippen LogP contribution in [-0.2, 0) is 11.2 Å². The fourth-order valence-electron chi connectivity index (χ4n) is 2.20. The van der Waals surface area contributed by atoms with Crippen LogP contribution in [-0.4, -0.2) is 29.9 Å². The monoisotopic (exact) mass is 371 g/mol. The summed E-state index contributed by atoms with van der Waals surface area (Å²) >= 11 is 3.17. The highest BCUT2D eigenvalue weighted by molar-refractivity contribution is 7.20. The highest BCUT2D eigenvalue weighted by Crippen LogP contribution is 2.27. The number of thiazole rings is 1. The molecule has 0 fully saturated rings. The van der Waals surface area contributed by atoms with E-state index in [4.69, 9.17) is 0 Å². The van der Waals surface area contributed by atoms with Gasteiger partial charge in [0.25, 0.3) is 5.91 Å². The minimum atomic E-state index is -0.144. The minimum absolute atomic E-state index is 0.100. The highest BCUT2D eigenvalue weighted by Gasteiger charge is 2.09. The lowest BCUT2D eigenvalue weighted by molar-refractivity contribution is -0.120. The smallest absolute Gasteiger partial charge is 0.251 e. The molecule has 2 N–H and O–H groups in total. The molecule has 5 nitrogen and oxygen atoms in total. The van der Waals surface area contributed by atoms with Gasteiger partial charge < -0.3 is 10.6 Å². The average Bonchev–Trinajstić information content (AvgIpc) is 3.31. The van der Waals surface area contributed by atoms with Crippen molar-refractivity contribution in [2.24, 2.45) is 0 Å². The van der Waals surface area contributed by atoms with E-state index in [1.54, 1.807) is 34.8 Å². The molecule has 0 radical (unpaired) electrons. The summed E-state index contributed by atoms with van der Waals surface area (Å²) in [6, 6.07) is 13.0. The predicted octanol–water partition coefficient (Wildman–Crippen LogP) is 2.96. The van der Waals surface area contributed by atoms with Crippen molar-refractivity contribution in [3.05, 3.63) is 64.5 Å². The first-order chi connectivity index (χ1) is 12.2. The summed E-state index contributed by atoms with van der Waals surface area (Å²) in [4.78, 5) is 29.4. The third-order valence-corrected chi connectivity index (χ3v) is 5.32. The van der Waals surface area contributed by atoms with Crippen LogP contribution in [0.25, 0.3) is 9.88 Å². The van der Waals surface area contributed by atoms with E-state index < -0.39 is 0 Å². The average molecular weight is 371 g/mol. The zero-order valence-electron chi connectivity index (χ0n) is 13.4. The lowest BCUT2D eigenvalue weighted by Crippen LogP contribution is -2.35. The molecule has 3 rings (SSSR count). The Labute approximate surface area is 153 Å². The van der Waals surface area contributed by atoms with Crippen molar-refractivity contribution in [2.45, 2.75) is 6.42 Å². The van der Waals surface area contributed by atoms with Gasteiger partial charge in [-0.05, 0) is 23.6 Å². The summed E-state index contributed by atoms with van der Waals surface area (Å²) < 4.78 is 0. The van der Waals surface area contributed by atoms with Crippen molar-refractivity contribution in [1.29, 1.82) is 0 Å². The van der Waals surface area contributed by atoms with Crippen molar-refractivity contribution in [1.82, 2.24) is 15.6 Å². The van der Waals surface area contributed by atoms with Crippen molar-refractivity contribution in [3.8, 4) is 9.88 Å². The van der Waals surface area contributed by atoms with Gasteiger partial charge in [0.05, 0.1) is 17.0 Å². The van der Waals surface area contributed by atoms with Gasteiger partial charge in [0, 0.05) is 24.0 Å². The molecule has 0 atom stereocenters. The van der Waals surface area contributed by atoms with Crippen molar-refractivity contribution < 1.29 is 9.59 Å². The Morgan fingerprint density at radius 2 is 1.76 bits per heavy atom. The Kier molecular flexibility index (Phi) is 5.92. The molecule has 0 spiro atoms. The van der Waals surface area contributed by atoms with E-state index in [1.165, 1.54) is 0 Å². The Bertz CT molecular complexity index is 829. The number of thiophene rings is 1. The molecular formula is C18H17N3O2S2. The summed E-state index contributed by atoms with van der Waals surface area (Å²) in [6.07, 6.45) is 0.245. The van der Waals surface area contributed by atoms with Crippen molar-refractivity contribution in [2.75, 3.05) is 13.1 Å². The number of nitrogens with one attached hydrogen (secondary N) is 2. The van der Waals surface area contributed by atoms with Crippen LogP contribution in [0.2, 0.25) is 0 Å². The van der Waals surface area contributed by atoms with Crippen LogP contribution in [0.5, 0.6) is 0 Å². The number of nitrogens with zero attached hydrogens (tertiary/aromatic N) is 1. The topological polar surface area (TPSA) is 71.1 Å². The second-order valence-corrected chi connectivity index (χ2v) is 7.08. The van der Waals surface area contributed by atoms with Crippen LogP contribution < -0.4 is 10.6 Å². The Balaban J connectivity index is 1.39. The van der Waals surface area contributed by atoms with Gasteiger partial charge in [0.1, 0.15) is 5.01 Å². The zero-order valence-corrected chi connectivity index (χ0v) is 15.0. The van der Waals surface area contributed by atoms with Gasteiger partial charge in [-0.15, -0.1) is 22.7 Å². The van der Waals surface area contributed by atoms with E-state index in [2.05, 4.69) is 15.6 Å². The Morgan fingerprint density at radius 1 is 0.960 bits per heavy atom. The number of aromatic nitrogens is 1. The number of carbonyl (C=O) groups excluding carboxylic acids is 2.